The highest BCUT2D eigenvalue weighted by molar-refractivity contribution is 6.02. The van der Waals surface area contributed by atoms with Crippen molar-refractivity contribution in [2.24, 2.45) is 5.16 Å². The summed E-state index contributed by atoms with van der Waals surface area (Å²) in [6.07, 6.45) is 0. The molecule has 2 aromatic rings. The molecule has 31 heavy (non-hydrogen) atoms. The van der Waals surface area contributed by atoms with Crippen LogP contribution in [0.15, 0.2) is 47.6 Å². The number of esters is 1. The summed E-state index contributed by atoms with van der Waals surface area (Å²) in [5.74, 6) is -1.22. The first-order chi connectivity index (χ1) is 14.9. The van der Waals surface area contributed by atoms with Crippen LogP contribution in [0.2, 0.25) is 0 Å². The molecule has 3 amide bonds. The molecule has 3 rings (SSSR count). The Morgan fingerprint density at radius 2 is 1.87 bits per heavy atom. The molecular formula is C20H18FN3O7. The number of anilines is 1. The molecule has 0 aliphatic carbocycles. The van der Waals surface area contributed by atoms with Crippen molar-refractivity contribution in [1.29, 1.82) is 0 Å². The van der Waals surface area contributed by atoms with Gasteiger partial charge in [-0.25, -0.2) is 14.0 Å². The van der Waals surface area contributed by atoms with Crippen LogP contribution in [0.4, 0.5) is 14.9 Å². The number of halogens is 1. The van der Waals surface area contributed by atoms with Gasteiger partial charge >= 0.3 is 12.0 Å². The summed E-state index contributed by atoms with van der Waals surface area (Å²) in [4.78, 5) is 39.9. The quantitative estimate of drug-likeness (QED) is 0.391. The number of carbonyl (C=O) groups excluding carboxylic acids is 3. The minimum atomic E-state index is -0.966. The van der Waals surface area contributed by atoms with Crippen LogP contribution in [0.25, 0.3) is 0 Å². The first-order valence-corrected chi connectivity index (χ1v) is 9.00. The number of nitrogens with one attached hydrogen (secondary N) is 2. The number of hydrogen-bond acceptors (Lipinski definition) is 8. The van der Waals surface area contributed by atoms with Gasteiger partial charge in [0.15, 0.2) is 18.1 Å². The number of oxime groups is 1. The van der Waals surface area contributed by atoms with Gasteiger partial charge in [-0.3, -0.25) is 10.1 Å². The fraction of sp³-hybridized carbons (Fsp3) is 0.200. The van der Waals surface area contributed by atoms with E-state index >= 15 is 0 Å². The summed E-state index contributed by atoms with van der Waals surface area (Å²) >= 11 is 0. The van der Waals surface area contributed by atoms with Gasteiger partial charge in [-0.1, -0.05) is 17.3 Å². The van der Waals surface area contributed by atoms with Gasteiger partial charge in [0.2, 0.25) is 13.4 Å². The summed E-state index contributed by atoms with van der Waals surface area (Å²) in [5.41, 5.74) is 1.08. The maximum Gasteiger partial charge on any atom is 0.347 e. The second kappa shape index (κ2) is 10.1. The lowest BCUT2D eigenvalue weighted by molar-refractivity contribution is -0.152. The Labute approximate surface area is 175 Å². The number of imide groups is 1. The highest BCUT2D eigenvalue weighted by atomic mass is 19.1. The molecule has 0 bridgehead atoms. The molecule has 2 aromatic carbocycles. The topological polar surface area (TPSA) is 125 Å². The molecule has 162 valence electrons. The lowest BCUT2D eigenvalue weighted by atomic mass is 10.1. The maximum atomic E-state index is 13.5. The number of hydrogen-bond donors (Lipinski definition) is 2. The molecule has 2 N–H and O–H groups in total. The monoisotopic (exact) mass is 431 g/mol. The second-order valence-corrected chi connectivity index (χ2v) is 6.16. The van der Waals surface area contributed by atoms with Crippen LogP contribution >= 0.6 is 0 Å². The van der Waals surface area contributed by atoms with Crippen molar-refractivity contribution < 1.29 is 37.8 Å². The first-order valence-electron chi connectivity index (χ1n) is 9.00. The summed E-state index contributed by atoms with van der Waals surface area (Å²) in [6, 6.07) is 9.67. The highest BCUT2D eigenvalue weighted by Gasteiger charge is 2.15. The molecule has 0 saturated carbocycles. The van der Waals surface area contributed by atoms with Crippen LogP contribution in [0.3, 0.4) is 0 Å². The number of carbonyl (C=O) groups is 3. The van der Waals surface area contributed by atoms with Crippen molar-refractivity contribution >= 4 is 29.3 Å². The number of amides is 3. The van der Waals surface area contributed by atoms with E-state index in [1.807, 2.05) is 5.32 Å². The zero-order chi connectivity index (χ0) is 22.2. The number of nitrogens with zero attached hydrogens (tertiary/aromatic N) is 1. The van der Waals surface area contributed by atoms with Gasteiger partial charge in [0.1, 0.15) is 5.82 Å². The van der Waals surface area contributed by atoms with Crippen LogP contribution in [0, 0.1) is 5.82 Å². The Morgan fingerprint density at radius 1 is 1.10 bits per heavy atom. The molecule has 11 heteroatoms. The summed E-state index contributed by atoms with van der Waals surface area (Å²) in [7, 11) is 0. The predicted octanol–water partition coefficient (Wildman–Crippen LogP) is 2.19. The van der Waals surface area contributed by atoms with Crippen molar-refractivity contribution in [2.75, 3.05) is 25.3 Å². The second-order valence-electron chi connectivity index (χ2n) is 6.16. The van der Waals surface area contributed by atoms with E-state index < -0.39 is 36.9 Å². The molecule has 0 radical (unpaired) electrons. The molecule has 0 spiro atoms. The number of para-hydroxylation sites is 1. The Bertz CT molecular complexity index is 1030. The van der Waals surface area contributed by atoms with Crippen LogP contribution in [0.5, 0.6) is 11.5 Å². The third-order valence-electron chi connectivity index (χ3n) is 3.91. The minimum absolute atomic E-state index is 0.103. The molecule has 0 fully saturated rings. The summed E-state index contributed by atoms with van der Waals surface area (Å²) in [5, 5.41) is 7.87. The van der Waals surface area contributed by atoms with E-state index in [2.05, 4.69) is 10.5 Å². The van der Waals surface area contributed by atoms with E-state index in [-0.39, 0.29) is 12.5 Å². The fourth-order valence-corrected chi connectivity index (χ4v) is 2.42. The summed E-state index contributed by atoms with van der Waals surface area (Å²) in [6.45, 7) is 0.550. The number of rotatable bonds is 7. The molecule has 0 atom stereocenters. The van der Waals surface area contributed by atoms with Gasteiger partial charge in [0.25, 0.3) is 5.91 Å². The van der Waals surface area contributed by atoms with E-state index in [1.165, 1.54) is 18.2 Å². The fourth-order valence-electron chi connectivity index (χ4n) is 2.42. The molecule has 0 saturated heterocycles. The standard InChI is InChI=1S/C20H18FN3O7/c1-12(13-6-7-16-17(8-13)30-11-29-16)24-31-10-19(26)28-9-18(25)23-20(27)22-15-5-3-2-4-14(15)21/h2-8H,9-11H2,1H3,(H2,22,23,25,27)/b24-12+. The highest BCUT2D eigenvalue weighted by Crippen LogP contribution is 2.32. The van der Waals surface area contributed by atoms with Crippen LogP contribution in [-0.4, -0.2) is 43.6 Å². The lowest BCUT2D eigenvalue weighted by Crippen LogP contribution is -2.37. The van der Waals surface area contributed by atoms with E-state index in [1.54, 1.807) is 25.1 Å². The van der Waals surface area contributed by atoms with Gasteiger partial charge in [0, 0.05) is 5.56 Å². The van der Waals surface area contributed by atoms with Gasteiger partial charge in [0.05, 0.1) is 11.4 Å². The predicted molar refractivity (Wildman–Crippen MR) is 105 cm³/mol. The zero-order valence-corrected chi connectivity index (χ0v) is 16.3. The number of urea groups is 1. The van der Waals surface area contributed by atoms with Crippen LogP contribution < -0.4 is 20.1 Å². The normalized spacial score (nSPS) is 12.1. The van der Waals surface area contributed by atoms with Crippen molar-refractivity contribution in [1.82, 2.24) is 5.32 Å². The first kappa shape index (κ1) is 21.6. The van der Waals surface area contributed by atoms with E-state index in [9.17, 15) is 18.8 Å². The third kappa shape index (κ3) is 6.16. The maximum absolute atomic E-state index is 13.5. The zero-order valence-electron chi connectivity index (χ0n) is 16.3. The average Bonchev–Trinajstić information content (AvgIpc) is 3.21. The van der Waals surface area contributed by atoms with Crippen LogP contribution in [0.1, 0.15) is 12.5 Å². The van der Waals surface area contributed by atoms with Crippen molar-refractivity contribution in [3.8, 4) is 11.5 Å². The van der Waals surface area contributed by atoms with Crippen LogP contribution in [-0.2, 0) is 19.2 Å². The minimum Gasteiger partial charge on any atom is -0.454 e. The van der Waals surface area contributed by atoms with Gasteiger partial charge in [-0.05, 0) is 37.3 Å². The Balaban J connectivity index is 1.37. The smallest absolute Gasteiger partial charge is 0.347 e. The largest absolute Gasteiger partial charge is 0.454 e. The molecule has 0 aromatic heterocycles. The van der Waals surface area contributed by atoms with Crippen molar-refractivity contribution in [2.45, 2.75) is 6.92 Å². The molecule has 0 unspecified atom stereocenters. The van der Waals surface area contributed by atoms with Gasteiger partial charge in [-0.2, -0.15) is 0 Å². The molecule has 1 heterocycles. The average molecular weight is 431 g/mol. The van der Waals surface area contributed by atoms with E-state index in [4.69, 9.17) is 19.0 Å². The third-order valence-corrected chi connectivity index (χ3v) is 3.91. The lowest BCUT2D eigenvalue weighted by Gasteiger charge is -2.08. The number of benzene rings is 2. The molecular weight excluding hydrogens is 413 g/mol. The summed E-state index contributed by atoms with van der Waals surface area (Å²) < 4.78 is 28.6. The van der Waals surface area contributed by atoms with Crippen molar-refractivity contribution in [3.05, 3.63) is 53.8 Å². The van der Waals surface area contributed by atoms with E-state index in [0.29, 0.717) is 22.8 Å². The number of fused-ring (bicyclic) bond motifs is 1. The molecule has 1 aliphatic rings. The Morgan fingerprint density at radius 3 is 2.68 bits per heavy atom. The Hall–Kier alpha value is -4.15. The molecule has 1 aliphatic heterocycles. The molecule has 10 nitrogen and oxygen atoms in total. The van der Waals surface area contributed by atoms with Gasteiger partial charge < -0.3 is 24.4 Å². The van der Waals surface area contributed by atoms with Crippen molar-refractivity contribution in [3.63, 3.8) is 0 Å². The Kier molecular flexibility index (Phi) is 6.99. The van der Waals surface area contributed by atoms with Gasteiger partial charge in [-0.15, -0.1) is 0 Å². The SMILES string of the molecule is C/C(=N\OCC(=O)OCC(=O)NC(=O)Nc1ccccc1F)c1ccc2c(c1)OCO2. The number of ether oxygens (including phenoxy) is 3. The van der Waals surface area contributed by atoms with E-state index in [0.717, 1.165) is 6.07 Å².